The summed E-state index contributed by atoms with van der Waals surface area (Å²) >= 11 is 5.90. The van der Waals surface area contributed by atoms with Crippen LogP contribution in [0.15, 0.2) is 53.3 Å². The lowest BCUT2D eigenvalue weighted by atomic mass is 9.97. The predicted molar refractivity (Wildman–Crippen MR) is 108 cm³/mol. The molecule has 0 bridgehead atoms. The van der Waals surface area contributed by atoms with Crippen LogP contribution in [-0.4, -0.2) is 32.8 Å². The Labute approximate surface area is 176 Å². The molecule has 4 rings (SSSR count). The number of nitrogens with zero attached hydrogens (tertiary/aromatic N) is 3. The van der Waals surface area contributed by atoms with Crippen molar-refractivity contribution in [3.05, 3.63) is 81.0 Å². The zero-order chi connectivity index (χ0) is 21.3. The summed E-state index contributed by atoms with van der Waals surface area (Å²) in [5, 5.41) is 5.04. The number of aromatic amines is 1. The largest absolute Gasteiger partial charge is 0.416 e. The summed E-state index contributed by atoms with van der Waals surface area (Å²) in [7, 11) is 0. The van der Waals surface area contributed by atoms with Gasteiger partial charge in [0.25, 0.3) is 0 Å². The summed E-state index contributed by atoms with van der Waals surface area (Å²) < 4.78 is 39.5. The molecule has 1 saturated heterocycles. The van der Waals surface area contributed by atoms with Crippen molar-refractivity contribution in [2.75, 3.05) is 13.1 Å². The van der Waals surface area contributed by atoms with Crippen LogP contribution in [0.3, 0.4) is 0 Å². The fourth-order valence-electron chi connectivity index (χ4n) is 3.76. The number of hydrogen-bond acceptors (Lipinski definition) is 3. The van der Waals surface area contributed by atoms with Gasteiger partial charge in [-0.3, -0.25) is 9.88 Å². The Hall–Kier alpha value is -2.58. The first kappa shape index (κ1) is 20.7. The van der Waals surface area contributed by atoms with E-state index in [1.807, 2.05) is 0 Å². The van der Waals surface area contributed by atoms with E-state index < -0.39 is 11.7 Å². The first-order chi connectivity index (χ1) is 14.3. The van der Waals surface area contributed by atoms with Crippen molar-refractivity contribution in [1.29, 1.82) is 0 Å². The smallest absolute Gasteiger partial charge is 0.298 e. The Kier molecular flexibility index (Phi) is 5.71. The van der Waals surface area contributed by atoms with E-state index in [9.17, 15) is 18.0 Å². The number of alkyl halides is 3. The molecule has 2 aromatic carbocycles. The molecule has 1 atom stereocenters. The minimum absolute atomic E-state index is 0.0504. The highest BCUT2D eigenvalue weighted by molar-refractivity contribution is 6.30. The Bertz CT molecular complexity index is 1060. The van der Waals surface area contributed by atoms with Gasteiger partial charge < -0.3 is 0 Å². The van der Waals surface area contributed by atoms with Crippen LogP contribution in [0.4, 0.5) is 13.2 Å². The number of H-pyrrole nitrogens is 1. The zero-order valence-corrected chi connectivity index (χ0v) is 16.7. The minimum Gasteiger partial charge on any atom is -0.298 e. The highest BCUT2D eigenvalue weighted by Crippen LogP contribution is 2.30. The van der Waals surface area contributed by atoms with E-state index in [1.165, 1.54) is 16.8 Å². The molecule has 1 aliphatic heterocycles. The maximum atomic E-state index is 12.7. The van der Waals surface area contributed by atoms with Crippen LogP contribution in [0.25, 0.3) is 5.69 Å². The molecule has 3 aromatic rings. The Morgan fingerprint density at radius 1 is 1.10 bits per heavy atom. The summed E-state index contributed by atoms with van der Waals surface area (Å²) in [5.74, 6) is 0.668. The fraction of sp³-hybridized carbons (Fsp3) is 0.333. The van der Waals surface area contributed by atoms with Gasteiger partial charge in [-0.1, -0.05) is 23.7 Å². The number of benzene rings is 2. The molecule has 5 nitrogen and oxygen atoms in total. The number of nitrogens with one attached hydrogen (secondary N) is 1. The minimum atomic E-state index is -4.33. The molecule has 9 heteroatoms. The zero-order valence-electron chi connectivity index (χ0n) is 16.0. The van der Waals surface area contributed by atoms with E-state index in [0.717, 1.165) is 37.1 Å². The van der Waals surface area contributed by atoms with Crippen LogP contribution in [0.5, 0.6) is 0 Å². The molecule has 0 spiro atoms. The molecule has 0 saturated carbocycles. The van der Waals surface area contributed by atoms with Crippen molar-refractivity contribution in [2.45, 2.75) is 31.5 Å². The molecule has 158 valence electrons. The molecule has 0 radical (unpaired) electrons. The first-order valence-corrected chi connectivity index (χ1v) is 10.0. The molecule has 0 amide bonds. The molecular weight excluding hydrogens is 417 g/mol. The molecule has 1 aliphatic rings. The second-order valence-corrected chi connectivity index (χ2v) is 7.91. The van der Waals surface area contributed by atoms with Crippen LogP contribution in [0.2, 0.25) is 5.02 Å². The standard InChI is InChI=1S/C21H20ClF3N4O/c22-17-7-9-18(10-8-17)29-20(30)26-19(27-29)15-2-1-11-28(13-15)12-14-3-5-16(6-4-14)21(23,24)25/h3-10,15H,1-2,11-13H2,(H,26,27,30). The molecule has 2 heterocycles. The second-order valence-electron chi connectivity index (χ2n) is 7.47. The number of aromatic nitrogens is 3. The van der Waals surface area contributed by atoms with Crippen molar-refractivity contribution in [3.8, 4) is 5.69 Å². The molecular formula is C21H20ClF3N4O. The third-order valence-corrected chi connectivity index (χ3v) is 5.54. The third-order valence-electron chi connectivity index (χ3n) is 5.29. The van der Waals surface area contributed by atoms with Crippen LogP contribution in [0, 0.1) is 0 Å². The normalized spacial score (nSPS) is 17.9. The van der Waals surface area contributed by atoms with Gasteiger partial charge in [-0.2, -0.15) is 17.9 Å². The molecule has 30 heavy (non-hydrogen) atoms. The first-order valence-electron chi connectivity index (χ1n) is 9.63. The van der Waals surface area contributed by atoms with E-state index in [1.54, 1.807) is 24.3 Å². The van der Waals surface area contributed by atoms with Crippen molar-refractivity contribution in [2.24, 2.45) is 0 Å². The maximum Gasteiger partial charge on any atom is 0.416 e. The Morgan fingerprint density at radius 3 is 2.47 bits per heavy atom. The van der Waals surface area contributed by atoms with E-state index in [-0.39, 0.29) is 11.6 Å². The van der Waals surface area contributed by atoms with Gasteiger partial charge >= 0.3 is 11.9 Å². The van der Waals surface area contributed by atoms with Crippen LogP contribution in [0.1, 0.15) is 35.7 Å². The average molecular weight is 437 g/mol. The van der Waals surface area contributed by atoms with Gasteiger partial charge in [-0.15, -0.1) is 5.10 Å². The molecule has 0 aliphatic carbocycles. The molecule has 1 aromatic heterocycles. The quantitative estimate of drug-likeness (QED) is 0.649. The topological polar surface area (TPSA) is 53.9 Å². The lowest BCUT2D eigenvalue weighted by Gasteiger charge is -2.31. The highest BCUT2D eigenvalue weighted by atomic mass is 35.5. The van der Waals surface area contributed by atoms with Gasteiger partial charge in [-0.05, 0) is 61.3 Å². The molecule has 1 N–H and O–H groups in total. The predicted octanol–water partition coefficient (Wildman–Crippen LogP) is 4.61. The number of hydrogen-bond donors (Lipinski definition) is 1. The Morgan fingerprint density at radius 2 is 1.80 bits per heavy atom. The SMILES string of the molecule is O=c1[nH]c(C2CCCN(Cc3ccc(C(F)(F)F)cc3)C2)nn1-c1ccc(Cl)cc1. The van der Waals surface area contributed by atoms with Crippen LogP contribution in [-0.2, 0) is 12.7 Å². The van der Waals surface area contributed by atoms with Gasteiger partial charge in [0.15, 0.2) is 0 Å². The fourth-order valence-corrected chi connectivity index (χ4v) is 3.89. The van der Waals surface area contributed by atoms with Gasteiger partial charge in [-0.25, -0.2) is 4.79 Å². The summed E-state index contributed by atoms with van der Waals surface area (Å²) in [6.07, 6.45) is -2.53. The van der Waals surface area contributed by atoms with Crippen LogP contribution >= 0.6 is 11.6 Å². The highest BCUT2D eigenvalue weighted by Gasteiger charge is 2.30. The van der Waals surface area contributed by atoms with Crippen molar-refractivity contribution in [3.63, 3.8) is 0 Å². The monoisotopic (exact) mass is 436 g/mol. The summed E-state index contributed by atoms with van der Waals surface area (Å²) in [5.41, 5.74) is 0.494. The van der Waals surface area contributed by atoms with Gasteiger partial charge in [0.05, 0.1) is 11.3 Å². The van der Waals surface area contributed by atoms with Gasteiger partial charge in [0.1, 0.15) is 5.82 Å². The number of likely N-dealkylation sites (tertiary alicyclic amines) is 1. The molecule has 1 unspecified atom stereocenters. The number of halogens is 4. The van der Waals surface area contributed by atoms with E-state index >= 15 is 0 Å². The number of piperidine rings is 1. The van der Waals surface area contributed by atoms with E-state index in [2.05, 4.69) is 15.0 Å². The Balaban J connectivity index is 1.46. The summed E-state index contributed by atoms with van der Waals surface area (Å²) in [4.78, 5) is 17.4. The van der Waals surface area contributed by atoms with Crippen molar-refractivity contribution < 1.29 is 13.2 Å². The average Bonchev–Trinajstić information content (AvgIpc) is 3.10. The van der Waals surface area contributed by atoms with Crippen molar-refractivity contribution >= 4 is 11.6 Å². The maximum absolute atomic E-state index is 12.7. The van der Waals surface area contributed by atoms with Gasteiger partial charge in [0.2, 0.25) is 0 Å². The van der Waals surface area contributed by atoms with E-state index in [0.29, 0.717) is 29.6 Å². The van der Waals surface area contributed by atoms with Gasteiger partial charge in [0, 0.05) is 24.0 Å². The lowest BCUT2D eigenvalue weighted by Crippen LogP contribution is -2.34. The second kappa shape index (κ2) is 8.28. The van der Waals surface area contributed by atoms with E-state index in [4.69, 9.17) is 11.6 Å². The summed E-state index contributed by atoms with van der Waals surface area (Å²) in [6.45, 7) is 2.07. The number of rotatable bonds is 4. The van der Waals surface area contributed by atoms with Crippen molar-refractivity contribution in [1.82, 2.24) is 19.7 Å². The molecule has 1 fully saturated rings. The van der Waals surface area contributed by atoms with Crippen LogP contribution < -0.4 is 5.69 Å². The third kappa shape index (κ3) is 4.60. The summed E-state index contributed by atoms with van der Waals surface area (Å²) in [6, 6.07) is 12.1. The lowest BCUT2D eigenvalue weighted by molar-refractivity contribution is -0.137.